The number of carbonyl (C=O) groups is 2. The van der Waals surface area contributed by atoms with Gasteiger partial charge in [0.25, 0.3) is 0 Å². The highest BCUT2D eigenvalue weighted by molar-refractivity contribution is 5.70. The summed E-state index contributed by atoms with van der Waals surface area (Å²) in [5, 5.41) is 10.8. The molecule has 0 saturated carbocycles. The van der Waals surface area contributed by atoms with Crippen LogP contribution in [0.5, 0.6) is 0 Å². The van der Waals surface area contributed by atoms with Gasteiger partial charge in [-0.2, -0.15) is 0 Å². The molecule has 0 heterocycles. The van der Waals surface area contributed by atoms with E-state index >= 15 is 0 Å². The van der Waals surface area contributed by atoms with Gasteiger partial charge in [0.15, 0.2) is 6.08 Å². The molecule has 1 atom stereocenters. The summed E-state index contributed by atoms with van der Waals surface area (Å²) in [4.78, 5) is 22.1. The van der Waals surface area contributed by atoms with Crippen LogP contribution in [-0.2, 0) is 14.3 Å². The summed E-state index contributed by atoms with van der Waals surface area (Å²) in [6.07, 6.45) is -5.69. The highest BCUT2D eigenvalue weighted by Gasteiger charge is 2.21. The van der Waals surface area contributed by atoms with Gasteiger partial charge in [0.05, 0.1) is 22.5 Å². The van der Waals surface area contributed by atoms with Crippen LogP contribution in [0.2, 0.25) is 0 Å². The lowest BCUT2D eigenvalue weighted by Crippen LogP contribution is -2.45. The summed E-state index contributed by atoms with van der Waals surface area (Å²) in [6, 6.07) is 0. The standard InChI is InChI=1S/C10H19NO4/c1-5-10(14)15-8(6-9(12)13)7-11(2,3)4/h8H,5-7H2,1-4H3/i6D2,8D. The molecule has 0 aliphatic heterocycles. The summed E-state index contributed by atoms with van der Waals surface area (Å²) in [5.74, 6) is -2.90. The highest BCUT2D eigenvalue weighted by atomic mass is 16.5. The number of esters is 1. The molecule has 0 spiro atoms. The molecule has 0 rings (SSSR count). The molecular formula is C10H19NO4. The average molecular weight is 220 g/mol. The first-order chi connectivity index (χ1) is 7.85. The summed E-state index contributed by atoms with van der Waals surface area (Å²) in [7, 11) is 4.90. The molecule has 0 N–H and O–H groups in total. The van der Waals surface area contributed by atoms with Crippen LogP contribution in [0.1, 0.15) is 23.8 Å². The SMILES string of the molecule is [2H]C(C[N+](C)(C)C)(OC(=O)CC)C([2H])([2H])C(=O)[O-]. The first-order valence-electron chi connectivity index (χ1n) is 6.09. The van der Waals surface area contributed by atoms with Crippen molar-refractivity contribution in [2.75, 3.05) is 27.7 Å². The van der Waals surface area contributed by atoms with E-state index in [0.29, 0.717) is 0 Å². The van der Waals surface area contributed by atoms with Gasteiger partial charge in [-0.15, -0.1) is 0 Å². The van der Waals surface area contributed by atoms with E-state index in [9.17, 15) is 14.7 Å². The fourth-order valence-corrected chi connectivity index (χ4v) is 0.852. The van der Waals surface area contributed by atoms with Crippen molar-refractivity contribution in [2.24, 2.45) is 0 Å². The highest BCUT2D eigenvalue weighted by Crippen LogP contribution is 2.05. The third-order valence-corrected chi connectivity index (χ3v) is 1.39. The van der Waals surface area contributed by atoms with Gasteiger partial charge in [-0.3, -0.25) is 4.79 Å². The Hall–Kier alpha value is -1.10. The van der Waals surface area contributed by atoms with E-state index in [1.165, 1.54) is 6.92 Å². The fraction of sp³-hybridized carbons (Fsp3) is 0.800. The largest absolute Gasteiger partial charge is 0.550 e. The lowest BCUT2D eigenvalue weighted by atomic mass is 10.2. The number of nitrogens with zero attached hydrogens (tertiary/aromatic N) is 1. The van der Waals surface area contributed by atoms with E-state index in [4.69, 9.17) is 8.85 Å². The maximum absolute atomic E-state index is 11.3. The zero-order chi connectivity index (χ0) is 14.8. The van der Waals surface area contributed by atoms with Crippen molar-refractivity contribution in [1.29, 1.82) is 0 Å². The molecule has 15 heavy (non-hydrogen) atoms. The number of ether oxygens (including phenoxy) is 1. The molecule has 0 aromatic carbocycles. The number of quaternary nitrogens is 1. The van der Waals surface area contributed by atoms with Crippen molar-refractivity contribution < 1.29 is 28.0 Å². The number of hydrogen-bond donors (Lipinski definition) is 0. The number of hydrogen-bond acceptors (Lipinski definition) is 4. The van der Waals surface area contributed by atoms with Gasteiger partial charge in [-0.05, 0) is 0 Å². The van der Waals surface area contributed by atoms with Gasteiger partial charge in [0, 0.05) is 21.5 Å². The third kappa shape index (κ3) is 7.93. The maximum atomic E-state index is 11.3. The minimum Gasteiger partial charge on any atom is -0.550 e. The van der Waals surface area contributed by atoms with Crippen LogP contribution in [0.3, 0.4) is 0 Å². The molecule has 0 aliphatic rings. The lowest BCUT2D eigenvalue weighted by molar-refractivity contribution is -0.873. The van der Waals surface area contributed by atoms with Gasteiger partial charge in [0.2, 0.25) is 0 Å². The molecule has 88 valence electrons. The predicted molar refractivity (Wildman–Crippen MR) is 52.7 cm³/mol. The number of carboxylic acid groups (broad SMARTS) is 1. The Kier molecular flexibility index (Phi) is 3.48. The smallest absolute Gasteiger partial charge is 0.306 e. The minimum atomic E-state index is -3.09. The van der Waals surface area contributed by atoms with Gasteiger partial charge < -0.3 is 19.1 Å². The van der Waals surface area contributed by atoms with E-state index in [2.05, 4.69) is 0 Å². The molecule has 0 saturated heterocycles. The van der Waals surface area contributed by atoms with Crippen LogP contribution in [-0.4, -0.2) is 50.2 Å². The molecule has 0 fully saturated rings. The summed E-state index contributed by atoms with van der Waals surface area (Å²) in [6.45, 7) is 1.16. The van der Waals surface area contributed by atoms with Crippen LogP contribution < -0.4 is 5.11 Å². The van der Waals surface area contributed by atoms with Crippen LogP contribution >= 0.6 is 0 Å². The number of likely N-dealkylation sites (N-methyl/N-ethyl adjacent to an activating group) is 1. The van der Waals surface area contributed by atoms with Crippen molar-refractivity contribution in [3.63, 3.8) is 0 Å². The molecule has 0 amide bonds. The van der Waals surface area contributed by atoms with Gasteiger partial charge >= 0.3 is 5.97 Å². The summed E-state index contributed by atoms with van der Waals surface area (Å²) in [5.41, 5.74) is 0. The summed E-state index contributed by atoms with van der Waals surface area (Å²) >= 11 is 0. The zero-order valence-electron chi connectivity index (χ0n) is 12.5. The van der Waals surface area contributed by atoms with Crippen LogP contribution in [0.15, 0.2) is 0 Å². The van der Waals surface area contributed by atoms with Crippen LogP contribution in [0.25, 0.3) is 0 Å². The Bertz CT molecular complexity index is 341. The molecule has 5 heteroatoms. The van der Waals surface area contributed by atoms with Crippen molar-refractivity contribution in [3.8, 4) is 0 Å². The lowest BCUT2D eigenvalue weighted by Gasteiger charge is -2.29. The molecule has 0 bridgehead atoms. The molecule has 0 aromatic rings. The van der Waals surface area contributed by atoms with E-state index in [1.54, 1.807) is 21.1 Å². The Morgan fingerprint density at radius 3 is 2.40 bits per heavy atom. The first-order valence-corrected chi connectivity index (χ1v) is 4.59. The molecule has 0 radical (unpaired) electrons. The van der Waals surface area contributed by atoms with Crippen molar-refractivity contribution in [3.05, 3.63) is 0 Å². The molecule has 5 nitrogen and oxygen atoms in total. The summed E-state index contributed by atoms with van der Waals surface area (Å²) < 4.78 is 27.5. The second kappa shape index (κ2) is 5.70. The normalized spacial score (nSPS) is 19.3. The van der Waals surface area contributed by atoms with E-state index in [-0.39, 0.29) is 17.4 Å². The van der Waals surface area contributed by atoms with Gasteiger partial charge in [-0.25, -0.2) is 0 Å². The second-order valence-corrected chi connectivity index (χ2v) is 4.11. The Balaban J connectivity index is 5.41. The predicted octanol–water partition coefficient (Wildman–Crippen LogP) is -0.846. The average Bonchev–Trinajstić information content (AvgIpc) is 2.13. The molecule has 0 aromatic heterocycles. The topological polar surface area (TPSA) is 66.4 Å². The van der Waals surface area contributed by atoms with Crippen molar-refractivity contribution in [1.82, 2.24) is 0 Å². The van der Waals surface area contributed by atoms with E-state index in [0.717, 1.165) is 0 Å². The fourth-order valence-electron chi connectivity index (χ4n) is 0.852. The maximum Gasteiger partial charge on any atom is 0.306 e. The first kappa shape index (κ1) is 9.15. The Morgan fingerprint density at radius 2 is 2.07 bits per heavy atom. The van der Waals surface area contributed by atoms with Gasteiger partial charge in [-0.1, -0.05) is 6.92 Å². The van der Waals surface area contributed by atoms with E-state index in [1.807, 2.05) is 0 Å². The van der Waals surface area contributed by atoms with Crippen LogP contribution in [0.4, 0.5) is 0 Å². The van der Waals surface area contributed by atoms with E-state index < -0.39 is 24.4 Å². The zero-order valence-corrected chi connectivity index (χ0v) is 9.49. The number of carboxylic acids is 1. The quantitative estimate of drug-likeness (QED) is 0.432. The second-order valence-electron chi connectivity index (χ2n) is 4.11. The minimum absolute atomic E-state index is 0.0628. The van der Waals surface area contributed by atoms with Gasteiger partial charge in [0.1, 0.15) is 6.54 Å². The third-order valence-electron chi connectivity index (χ3n) is 1.39. The molecule has 1 unspecified atom stereocenters. The molecular weight excluding hydrogens is 198 g/mol. The number of rotatable bonds is 6. The number of carbonyl (C=O) groups excluding carboxylic acids is 2. The van der Waals surface area contributed by atoms with Crippen LogP contribution in [0, 0.1) is 0 Å². The Labute approximate surface area is 94.4 Å². The van der Waals surface area contributed by atoms with Crippen molar-refractivity contribution >= 4 is 11.9 Å². The number of aliphatic carboxylic acids is 1. The monoisotopic (exact) mass is 220 g/mol. The molecule has 0 aliphatic carbocycles. The van der Waals surface area contributed by atoms with Crippen molar-refractivity contribution in [2.45, 2.75) is 25.8 Å². The Morgan fingerprint density at radius 1 is 1.53 bits per heavy atom.